The van der Waals surface area contributed by atoms with Crippen molar-refractivity contribution in [2.24, 2.45) is 0 Å². The lowest BCUT2D eigenvalue weighted by Gasteiger charge is -2.15. The SMILES string of the molecule is C[C@H](Oc1ccc(Br)cc1)C(=O)Nc1cc(Cl)ccc1Cl. The van der Waals surface area contributed by atoms with Crippen molar-refractivity contribution in [3.63, 3.8) is 0 Å². The molecule has 0 saturated heterocycles. The smallest absolute Gasteiger partial charge is 0.265 e. The maximum atomic E-state index is 12.1. The fourth-order valence-corrected chi connectivity index (χ4v) is 2.20. The van der Waals surface area contributed by atoms with Crippen LogP contribution in [0.2, 0.25) is 10.0 Å². The van der Waals surface area contributed by atoms with Gasteiger partial charge in [0.05, 0.1) is 10.7 Å². The predicted molar refractivity (Wildman–Crippen MR) is 89.3 cm³/mol. The Labute approximate surface area is 141 Å². The zero-order valence-corrected chi connectivity index (χ0v) is 14.2. The Kier molecular flexibility index (Phi) is 5.51. The molecule has 2 aromatic carbocycles. The zero-order valence-electron chi connectivity index (χ0n) is 11.1. The number of hydrogen-bond donors (Lipinski definition) is 1. The van der Waals surface area contributed by atoms with Gasteiger partial charge in [-0.1, -0.05) is 39.1 Å². The molecule has 0 aromatic heterocycles. The van der Waals surface area contributed by atoms with Crippen LogP contribution in [0.1, 0.15) is 6.92 Å². The first-order chi connectivity index (χ1) is 9.95. The van der Waals surface area contributed by atoms with Gasteiger partial charge in [-0.05, 0) is 49.4 Å². The molecule has 110 valence electrons. The zero-order chi connectivity index (χ0) is 15.4. The van der Waals surface area contributed by atoms with Crippen molar-refractivity contribution in [3.8, 4) is 5.75 Å². The minimum atomic E-state index is -0.666. The van der Waals surface area contributed by atoms with Gasteiger partial charge in [-0.25, -0.2) is 0 Å². The summed E-state index contributed by atoms with van der Waals surface area (Å²) < 4.78 is 6.51. The molecular weight excluding hydrogens is 377 g/mol. The van der Waals surface area contributed by atoms with Crippen LogP contribution < -0.4 is 10.1 Å². The summed E-state index contributed by atoms with van der Waals surface area (Å²) in [6.07, 6.45) is -0.666. The lowest BCUT2D eigenvalue weighted by atomic mass is 10.3. The number of ether oxygens (including phenoxy) is 1. The standard InChI is InChI=1S/C15H12BrCl2NO2/c1-9(21-12-5-2-10(16)3-6-12)15(20)19-14-8-11(17)4-7-13(14)18/h2-9H,1H3,(H,19,20)/t9-/m0/s1. The van der Waals surface area contributed by atoms with Crippen molar-refractivity contribution in [2.75, 3.05) is 5.32 Å². The summed E-state index contributed by atoms with van der Waals surface area (Å²) in [7, 11) is 0. The second kappa shape index (κ2) is 7.16. The third-order valence-corrected chi connectivity index (χ3v) is 3.78. The molecule has 0 bridgehead atoms. The van der Waals surface area contributed by atoms with Crippen LogP contribution in [-0.4, -0.2) is 12.0 Å². The molecule has 0 heterocycles. The quantitative estimate of drug-likeness (QED) is 0.785. The number of nitrogens with one attached hydrogen (secondary N) is 1. The molecule has 3 nitrogen and oxygen atoms in total. The molecule has 0 saturated carbocycles. The third kappa shape index (κ3) is 4.63. The van der Waals surface area contributed by atoms with Gasteiger partial charge < -0.3 is 10.1 Å². The van der Waals surface area contributed by atoms with E-state index < -0.39 is 6.10 Å². The molecule has 1 atom stereocenters. The van der Waals surface area contributed by atoms with Gasteiger partial charge in [0.15, 0.2) is 6.10 Å². The minimum Gasteiger partial charge on any atom is -0.481 e. The Hall–Kier alpha value is -1.23. The fraction of sp³-hybridized carbons (Fsp3) is 0.133. The van der Waals surface area contributed by atoms with Crippen LogP contribution in [0.5, 0.6) is 5.75 Å². The molecule has 6 heteroatoms. The molecule has 0 fully saturated rings. The number of anilines is 1. The highest BCUT2D eigenvalue weighted by Crippen LogP contribution is 2.26. The van der Waals surface area contributed by atoms with Crippen LogP contribution in [0.3, 0.4) is 0 Å². The second-order valence-corrected chi connectivity index (χ2v) is 6.09. The summed E-state index contributed by atoms with van der Waals surface area (Å²) in [5, 5.41) is 3.61. The van der Waals surface area contributed by atoms with Crippen LogP contribution in [0.15, 0.2) is 46.9 Å². The van der Waals surface area contributed by atoms with Crippen LogP contribution >= 0.6 is 39.1 Å². The monoisotopic (exact) mass is 387 g/mol. The van der Waals surface area contributed by atoms with Crippen molar-refractivity contribution in [3.05, 3.63) is 57.0 Å². The van der Waals surface area contributed by atoms with E-state index in [1.165, 1.54) is 0 Å². The molecule has 2 aromatic rings. The molecule has 0 aliphatic carbocycles. The van der Waals surface area contributed by atoms with Crippen LogP contribution in [0.25, 0.3) is 0 Å². The summed E-state index contributed by atoms with van der Waals surface area (Å²) in [4.78, 5) is 12.1. The van der Waals surface area contributed by atoms with Crippen molar-refractivity contribution in [1.29, 1.82) is 0 Å². The predicted octanol–water partition coefficient (Wildman–Crippen LogP) is 5.16. The van der Waals surface area contributed by atoms with Crippen molar-refractivity contribution >= 4 is 50.7 Å². The Bertz CT molecular complexity index is 647. The van der Waals surface area contributed by atoms with Gasteiger partial charge in [0, 0.05) is 9.50 Å². The van der Waals surface area contributed by atoms with Gasteiger partial charge in [0.25, 0.3) is 5.91 Å². The maximum absolute atomic E-state index is 12.1. The van der Waals surface area contributed by atoms with E-state index in [2.05, 4.69) is 21.2 Å². The Morgan fingerprint density at radius 1 is 1.19 bits per heavy atom. The molecule has 2 rings (SSSR count). The van der Waals surface area contributed by atoms with Crippen molar-refractivity contribution < 1.29 is 9.53 Å². The number of halogens is 3. The van der Waals surface area contributed by atoms with E-state index in [1.54, 1.807) is 37.3 Å². The lowest BCUT2D eigenvalue weighted by Crippen LogP contribution is -2.30. The highest BCUT2D eigenvalue weighted by Gasteiger charge is 2.16. The van der Waals surface area contributed by atoms with Crippen LogP contribution in [-0.2, 0) is 4.79 Å². The highest BCUT2D eigenvalue weighted by molar-refractivity contribution is 9.10. The maximum Gasteiger partial charge on any atom is 0.265 e. The number of hydrogen-bond acceptors (Lipinski definition) is 2. The highest BCUT2D eigenvalue weighted by atomic mass is 79.9. The average Bonchev–Trinajstić information content (AvgIpc) is 2.45. The van der Waals surface area contributed by atoms with Gasteiger partial charge in [-0.2, -0.15) is 0 Å². The van der Waals surface area contributed by atoms with Gasteiger partial charge in [0.2, 0.25) is 0 Å². The summed E-state index contributed by atoms with van der Waals surface area (Å²) in [6, 6.07) is 12.1. The van der Waals surface area contributed by atoms with E-state index in [-0.39, 0.29) is 5.91 Å². The molecule has 1 amide bonds. The van der Waals surface area contributed by atoms with E-state index in [0.29, 0.717) is 21.5 Å². The van der Waals surface area contributed by atoms with E-state index in [4.69, 9.17) is 27.9 Å². The minimum absolute atomic E-state index is 0.304. The lowest BCUT2D eigenvalue weighted by molar-refractivity contribution is -0.122. The largest absolute Gasteiger partial charge is 0.481 e. The molecule has 0 aliphatic rings. The number of carbonyl (C=O) groups excluding carboxylic acids is 1. The fourth-order valence-electron chi connectivity index (χ4n) is 1.60. The van der Waals surface area contributed by atoms with Crippen molar-refractivity contribution in [2.45, 2.75) is 13.0 Å². The normalized spacial score (nSPS) is 11.8. The van der Waals surface area contributed by atoms with E-state index in [1.807, 2.05) is 12.1 Å². The number of benzene rings is 2. The van der Waals surface area contributed by atoms with Crippen molar-refractivity contribution in [1.82, 2.24) is 0 Å². The molecular formula is C15H12BrCl2NO2. The molecule has 0 aliphatic heterocycles. The number of amides is 1. The molecule has 1 N–H and O–H groups in total. The third-order valence-electron chi connectivity index (χ3n) is 2.68. The van der Waals surface area contributed by atoms with Gasteiger partial charge >= 0.3 is 0 Å². The average molecular weight is 389 g/mol. The Morgan fingerprint density at radius 3 is 2.52 bits per heavy atom. The Balaban J connectivity index is 2.02. The summed E-state index contributed by atoms with van der Waals surface area (Å²) in [6.45, 7) is 1.66. The summed E-state index contributed by atoms with van der Waals surface area (Å²) in [5.41, 5.74) is 0.459. The summed E-state index contributed by atoms with van der Waals surface area (Å²) >= 11 is 15.2. The first kappa shape index (κ1) is 16.1. The van der Waals surface area contributed by atoms with E-state index in [0.717, 1.165) is 4.47 Å². The molecule has 21 heavy (non-hydrogen) atoms. The number of carbonyl (C=O) groups is 1. The molecule has 0 unspecified atom stereocenters. The van der Waals surface area contributed by atoms with Gasteiger partial charge in [-0.3, -0.25) is 4.79 Å². The second-order valence-electron chi connectivity index (χ2n) is 4.33. The molecule has 0 spiro atoms. The van der Waals surface area contributed by atoms with E-state index in [9.17, 15) is 4.79 Å². The van der Waals surface area contributed by atoms with E-state index >= 15 is 0 Å². The summed E-state index contributed by atoms with van der Waals surface area (Å²) in [5.74, 6) is 0.306. The van der Waals surface area contributed by atoms with Crippen LogP contribution in [0.4, 0.5) is 5.69 Å². The van der Waals surface area contributed by atoms with Gasteiger partial charge in [0.1, 0.15) is 5.75 Å². The van der Waals surface area contributed by atoms with Crippen LogP contribution in [0, 0.1) is 0 Å². The molecule has 0 radical (unpaired) electrons. The van der Waals surface area contributed by atoms with Gasteiger partial charge in [-0.15, -0.1) is 0 Å². The number of rotatable bonds is 4. The first-order valence-electron chi connectivity index (χ1n) is 6.14. The topological polar surface area (TPSA) is 38.3 Å². The first-order valence-corrected chi connectivity index (χ1v) is 7.69. The Morgan fingerprint density at radius 2 is 1.86 bits per heavy atom.